The Morgan fingerprint density at radius 1 is 1.07 bits per heavy atom. The second kappa shape index (κ2) is 8.33. The van der Waals surface area contributed by atoms with Crippen LogP contribution in [0.1, 0.15) is 42.5 Å². The van der Waals surface area contributed by atoms with Crippen molar-refractivity contribution in [3.8, 4) is 0 Å². The van der Waals surface area contributed by atoms with Crippen LogP contribution >= 0.6 is 11.8 Å². The quantitative estimate of drug-likeness (QED) is 0.453. The SMILES string of the molecule is O=c1nc(SCc2cccc3ccccc23)c2c(n1CC1CCCO1)CCCC2. The van der Waals surface area contributed by atoms with Crippen molar-refractivity contribution in [2.75, 3.05) is 6.61 Å². The first kappa shape index (κ1) is 18.9. The number of rotatable bonds is 5. The Morgan fingerprint density at radius 2 is 1.93 bits per heavy atom. The molecule has 5 heteroatoms. The maximum absolute atomic E-state index is 12.9. The van der Waals surface area contributed by atoms with Crippen LogP contribution in [0.4, 0.5) is 0 Å². The van der Waals surface area contributed by atoms with Crippen molar-refractivity contribution in [1.29, 1.82) is 0 Å². The molecule has 150 valence electrons. The zero-order chi connectivity index (χ0) is 19.6. The fraction of sp³-hybridized carbons (Fsp3) is 0.417. The van der Waals surface area contributed by atoms with Crippen LogP contribution < -0.4 is 5.69 Å². The first-order chi connectivity index (χ1) is 14.3. The maximum Gasteiger partial charge on any atom is 0.348 e. The second-order valence-corrected chi connectivity index (χ2v) is 8.97. The van der Waals surface area contributed by atoms with Gasteiger partial charge in [-0.2, -0.15) is 4.98 Å². The number of nitrogens with zero attached hydrogens (tertiary/aromatic N) is 2. The molecule has 1 aliphatic carbocycles. The third kappa shape index (κ3) is 3.86. The first-order valence-corrected chi connectivity index (χ1v) is 11.6. The van der Waals surface area contributed by atoms with Crippen LogP contribution in [0.25, 0.3) is 10.8 Å². The molecule has 3 aromatic rings. The molecule has 5 rings (SSSR count). The highest BCUT2D eigenvalue weighted by molar-refractivity contribution is 7.98. The molecule has 2 heterocycles. The lowest BCUT2D eigenvalue weighted by atomic mass is 9.97. The van der Waals surface area contributed by atoms with Gasteiger partial charge >= 0.3 is 5.69 Å². The monoisotopic (exact) mass is 406 g/mol. The normalized spacial score (nSPS) is 18.8. The summed E-state index contributed by atoms with van der Waals surface area (Å²) in [4.78, 5) is 17.4. The van der Waals surface area contributed by atoms with Crippen molar-refractivity contribution in [3.63, 3.8) is 0 Å². The van der Waals surface area contributed by atoms with E-state index in [0.29, 0.717) is 6.54 Å². The number of benzene rings is 2. The zero-order valence-electron chi connectivity index (χ0n) is 16.6. The molecule has 0 saturated carbocycles. The molecule has 1 unspecified atom stereocenters. The van der Waals surface area contributed by atoms with Gasteiger partial charge in [0, 0.05) is 23.6 Å². The zero-order valence-corrected chi connectivity index (χ0v) is 17.4. The molecular weight excluding hydrogens is 380 g/mol. The summed E-state index contributed by atoms with van der Waals surface area (Å²) in [6.07, 6.45) is 6.61. The molecule has 2 aromatic carbocycles. The number of hydrogen-bond donors (Lipinski definition) is 0. The molecule has 0 spiro atoms. The Bertz CT molecular complexity index is 1080. The van der Waals surface area contributed by atoms with Crippen LogP contribution in [-0.4, -0.2) is 22.3 Å². The molecule has 0 bridgehead atoms. The van der Waals surface area contributed by atoms with Gasteiger partial charge in [-0.05, 0) is 54.9 Å². The summed E-state index contributed by atoms with van der Waals surface area (Å²) in [6, 6.07) is 14.9. The number of hydrogen-bond acceptors (Lipinski definition) is 4. The average Bonchev–Trinajstić information content (AvgIpc) is 3.28. The van der Waals surface area contributed by atoms with Gasteiger partial charge in [-0.3, -0.25) is 4.57 Å². The van der Waals surface area contributed by atoms with E-state index in [0.717, 1.165) is 49.5 Å². The summed E-state index contributed by atoms with van der Waals surface area (Å²) in [5.41, 5.74) is 3.68. The molecule has 1 atom stereocenters. The molecule has 29 heavy (non-hydrogen) atoms. The minimum Gasteiger partial charge on any atom is -0.376 e. The standard InChI is InChI=1S/C24H26N2O2S/c27-24-25-23(29-16-18-9-5-8-17-7-1-2-11-20(17)18)21-12-3-4-13-22(21)26(24)15-19-10-6-14-28-19/h1-2,5,7-9,11,19H,3-4,6,10,12-16H2. The largest absolute Gasteiger partial charge is 0.376 e. The van der Waals surface area contributed by atoms with Crippen molar-refractivity contribution in [2.24, 2.45) is 0 Å². The molecular formula is C24H26N2O2S. The topological polar surface area (TPSA) is 44.1 Å². The fourth-order valence-electron chi connectivity index (χ4n) is 4.61. The molecule has 4 nitrogen and oxygen atoms in total. The van der Waals surface area contributed by atoms with Crippen molar-refractivity contribution in [1.82, 2.24) is 9.55 Å². The van der Waals surface area contributed by atoms with E-state index < -0.39 is 0 Å². The van der Waals surface area contributed by atoms with Gasteiger partial charge in [0.15, 0.2) is 0 Å². The van der Waals surface area contributed by atoms with Gasteiger partial charge in [-0.15, -0.1) is 11.8 Å². The summed E-state index contributed by atoms with van der Waals surface area (Å²) >= 11 is 1.71. The van der Waals surface area contributed by atoms with Crippen molar-refractivity contribution in [3.05, 3.63) is 69.8 Å². The number of fused-ring (bicyclic) bond motifs is 2. The summed E-state index contributed by atoms with van der Waals surface area (Å²) in [5, 5.41) is 3.47. The highest BCUT2D eigenvalue weighted by Gasteiger charge is 2.24. The number of aromatic nitrogens is 2. The maximum atomic E-state index is 12.9. The summed E-state index contributed by atoms with van der Waals surface area (Å²) in [5.74, 6) is 0.829. The van der Waals surface area contributed by atoms with Gasteiger partial charge in [-0.1, -0.05) is 42.5 Å². The summed E-state index contributed by atoms with van der Waals surface area (Å²) in [7, 11) is 0. The van der Waals surface area contributed by atoms with E-state index in [9.17, 15) is 4.79 Å². The lowest BCUT2D eigenvalue weighted by Gasteiger charge is -2.24. The van der Waals surface area contributed by atoms with E-state index >= 15 is 0 Å². The van der Waals surface area contributed by atoms with Crippen LogP contribution in [0, 0.1) is 0 Å². The molecule has 1 saturated heterocycles. The third-order valence-corrected chi connectivity index (χ3v) is 7.17. The van der Waals surface area contributed by atoms with Crippen molar-refractivity contribution < 1.29 is 4.74 Å². The molecule has 0 radical (unpaired) electrons. The Balaban J connectivity index is 1.45. The summed E-state index contributed by atoms with van der Waals surface area (Å²) in [6.45, 7) is 1.47. The Morgan fingerprint density at radius 3 is 2.83 bits per heavy atom. The summed E-state index contributed by atoms with van der Waals surface area (Å²) < 4.78 is 7.70. The average molecular weight is 407 g/mol. The molecule has 1 aliphatic heterocycles. The minimum atomic E-state index is -0.110. The minimum absolute atomic E-state index is 0.110. The van der Waals surface area contributed by atoms with E-state index in [-0.39, 0.29) is 11.8 Å². The second-order valence-electron chi connectivity index (χ2n) is 8.00. The van der Waals surface area contributed by atoms with Gasteiger partial charge in [0.1, 0.15) is 5.03 Å². The third-order valence-electron chi connectivity index (χ3n) is 6.11. The first-order valence-electron chi connectivity index (χ1n) is 10.6. The lowest BCUT2D eigenvalue weighted by molar-refractivity contribution is 0.0947. The Kier molecular flexibility index (Phi) is 5.42. The molecule has 0 amide bonds. The van der Waals surface area contributed by atoms with Crippen LogP contribution in [-0.2, 0) is 29.9 Å². The van der Waals surface area contributed by atoms with Crippen LogP contribution in [0.3, 0.4) is 0 Å². The predicted octanol–water partition coefficient (Wildman–Crippen LogP) is 4.75. The van der Waals surface area contributed by atoms with Crippen LogP contribution in [0.15, 0.2) is 52.3 Å². The van der Waals surface area contributed by atoms with E-state index in [1.807, 2.05) is 4.57 Å². The van der Waals surface area contributed by atoms with Crippen molar-refractivity contribution >= 4 is 22.5 Å². The molecule has 1 aromatic heterocycles. The van der Waals surface area contributed by atoms with Crippen molar-refractivity contribution in [2.45, 2.75) is 62.0 Å². The van der Waals surface area contributed by atoms with E-state index in [4.69, 9.17) is 4.74 Å². The van der Waals surface area contributed by atoms with Gasteiger partial charge in [0.05, 0.1) is 12.6 Å². The van der Waals surface area contributed by atoms with Gasteiger partial charge < -0.3 is 4.74 Å². The van der Waals surface area contributed by atoms with Gasteiger partial charge in [-0.25, -0.2) is 4.79 Å². The van der Waals surface area contributed by atoms with E-state index in [1.54, 1.807) is 11.8 Å². The molecule has 2 aliphatic rings. The molecule has 1 fully saturated rings. The van der Waals surface area contributed by atoms with E-state index in [2.05, 4.69) is 47.4 Å². The van der Waals surface area contributed by atoms with Crippen LogP contribution in [0.2, 0.25) is 0 Å². The fourth-order valence-corrected chi connectivity index (χ4v) is 5.69. The highest BCUT2D eigenvalue weighted by atomic mass is 32.2. The number of thioether (sulfide) groups is 1. The lowest BCUT2D eigenvalue weighted by Crippen LogP contribution is -2.33. The number of ether oxygens (including phenoxy) is 1. The Labute approximate surface area is 175 Å². The highest BCUT2D eigenvalue weighted by Crippen LogP contribution is 2.32. The van der Waals surface area contributed by atoms with Gasteiger partial charge in [0.2, 0.25) is 0 Å². The van der Waals surface area contributed by atoms with E-state index in [1.165, 1.54) is 34.0 Å². The van der Waals surface area contributed by atoms with Gasteiger partial charge in [0.25, 0.3) is 0 Å². The molecule has 0 N–H and O–H groups in total. The van der Waals surface area contributed by atoms with Crippen LogP contribution in [0.5, 0.6) is 0 Å². The smallest absolute Gasteiger partial charge is 0.348 e. The Hall–Kier alpha value is -2.11. The predicted molar refractivity (Wildman–Crippen MR) is 118 cm³/mol.